The summed E-state index contributed by atoms with van der Waals surface area (Å²) in [4.78, 5) is 0. The molecule has 1 aromatic carbocycles. The summed E-state index contributed by atoms with van der Waals surface area (Å²) in [6, 6.07) is 9.98. The van der Waals surface area contributed by atoms with Gasteiger partial charge in [0.2, 0.25) is 0 Å². The molecule has 0 amide bonds. The lowest BCUT2D eigenvalue weighted by Gasteiger charge is -2.29. The zero-order valence-electron chi connectivity index (χ0n) is 13.5. The minimum Gasteiger partial charge on any atom is -0.346 e. The first kappa shape index (κ1) is 17.8. The molecule has 0 bridgehead atoms. The van der Waals surface area contributed by atoms with Crippen LogP contribution >= 0.6 is 9.03 Å². The molecule has 1 aliphatic rings. The first-order chi connectivity index (χ1) is 10.8. The molecular weight excluding hydrogens is 299 g/mol. The van der Waals surface area contributed by atoms with E-state index in [0.29, 0.717) is 19.3 Å². The summed E-state index contributed by atoms with van der Waals surface area (Å²) in [6.45, 7) is 5.45. The van der Waals surface area contributed by atoms with Gasteiger partial charge in [-0.3, -0.25) is 0 Å². The van der Waals surface area contributed by atoms with Crippen LogP contribution in [0.5, 0.6) is 0 Å². The van der Waals surface area contributed by atoms with Crippen LogP contribution in [-0.4, -0.2) is 25.4 Å². The monoisotopic (exact) mass is 326 g/mol. The van der Waals surface area contributed by atoms with Crippen molar-refractivity contribution in [2.75, 3.05) is 13.2 Å². The molecule has 0 saturated carbocycles. The first-order valence-electron chi connectivity index (χ1n) is 8.17. The number of ether oxygens (including phenoxy) is 2. The molecule has 5 heteroatoms. The van der Waals surface area contributed by atoms with Gasteiger partial charge in [-0.1, -0.05) is 57.0 Å². The highest BCUT2D eigenvalue weighted by Crippen LogP contribution is 2.28. The Morgan fingerprint density at radius 1 is 1.09 bits per heavy atom. The van der Waals surface area contributed by atoms with E-state index in [1.54, 1.807) is 0 Å². The standard InChI is InChI=1S/C17H27O4P/c1-3-8-15(9-4-2)20-22-21-16-12-18-17(19-13-16)14-10-6-5-7-11-14/h5-7,10-11,15-17,22H,3-4,8-9,12-13H2,1-2H3. The van der Waals surface area contributed by atoms with Gasteiger partial charge in [-0.2, -0.15) is 0 Å². The Morgan fingerprint density at radius 3 is 2.32 bits per heavy atom. The molecule has 124 valence electrons. The third-order valence-corrected chi connectivity index (χ3v) is 4.45. The minimum atomic E-state index is -0.279. The van der Waals surface area contributed by atoms with Crippen LogP contribution in [0.2, 0.25) is 0 Å². The maximum atomic E-state index is 5.83. The maximum absolute atomic E-state index is 5.83. The molecule has 1 aliphatic heterocycles. The Bertz CT molecular complexity index is 387. The number of hydrogen-bond donors (Lipinski definition) is 0. The Labute approximate surface area is 135 Å². The van der Waals surface area contributed by atoms with E-state index in [-0.39, 0.29) is 21.4 Å². The molecular formula is C17H27O4P. The Balaban J connectivity index is 1.65. The van der Waals surface area contributed by atoms with Gasteiger partial charge in [0.25, 0.3) is 0 Å². The Morgan fingerprint density at radius 2 is 1.73 bits per heavy atom. The van der Waals surface area contributed by atoms with Gasteiger partial charge < -0.3 is 18.5 Å². The minimum absolute atomic E-state index is 0.0396. The van der Waals surface area contributed by atoms with Crippen molar-refractivity contribution in [3.05, 3.63) is 35.9 Å². The predicted octanol–water partition coefficient (Wildman–Crippen LogP) is 4.61. The van der Waals surface area contributed by atoms with Gasteiger partial charge in [0, 0.05) is 5.56 Å². The van der Waals surface area contributed by atoms with Gasteiger partial charge in [0.05, 0.1) is 19.3 Å². The summed E-state index contributed by atoms with van der Waals surface area (Å²) in [5.74, 6) is 0. The lowest BCUT2D eigenvalue weighted by Crippen LogP contribution is -2.32. The molecule has 22 heavy (non-hydrogen) atoms. The molecule has 0 spiro atoms. The third kappa shape index (κ3) is 5.94. The smallest absolute Gasteiger partial charge is 0.184 e. The van der Waals surface area contributed by atoms with Crippen molar-refractivity contribution in [1.29, 1.82) is 0 Å². The van der Waals surface area contributed by atoms with Gasteiger partial charge >= 0.3 is 0 Å². The average Bonchev–Trinajstić information content (AvgIpc) is 2.57. The molecule has 0 aliphatic carbocycles. The van der Waals surface area contributed by atoms with Crippen molar-refractivity contribution >= 4 is 9.03 Å². The van der Waals surface area contributed by atoms with E-state index >= 15 is 0 Å². The fourth-order valence-corrected chi connectivity index (χ4v) is 3.13. The van der Waals surface area contributed by atoms with Gasteiger partial charge in [-0.15, -0.1) is 0 Å². The molecule has 1 aromatic rings. The molecule has 2 rings (SSSR count). The number of benzene rings is 1. The second-order valence-electron chi connectivity index (χ2n) is 5.55. The van der Waals surface area contributed by atoms with Crippen molar-refractivity contribution in [2.45, 2.75) is 58.0 Å². The third-order valence-electron chi connectivity index (χ3n) is 3.59. The van der Waals surface area contributed by atoms with Crippen LogP contribution in [0.25, 0.3) is 0 Å². The van der Waals surface area contributed by atoms with Gasteiger partial charge in [-0.25, -0.2) is 0 Å². The molecule has 0 aromatic heterocycles. The van der Waals surface area contributed by atoms with Crippen LogP contribution < -0.4 is 0 Å². The van der Waals surface area contributed by atoms with Crippen LogP contribution in [0, 0.1) is 0 Å². The lowest BCUT2D eigenvalue weighted by atomic mass is 10.1. The second kappa shape index (κ2) is 10.3. The lowest BCUT2D eigenvalue weighted by molar-refractivity contribution is -0.215. The normalized spacial score (nSPS) is 22.7. The van der Waals surface area contributed by atoms with Crippen LogP contribution in [-0.2, 0) is 18.5 Å². The SMILES string of the molecule is CCCC(CCC)OPOC1COC(c2ccccc2)OC1. The van der Waals surface area contributed by atoms with E-state index in [9.17, 15) is 0 Å². The fourth-order valence-electron chi connectivity index (χ4n) is 2.43. The maximum Gasteiger partial charge on any atom is 0.184 e. The van der Waals surface area contributed by atoms with Crippen molar-refractivity contribution < 1.29 is 18.5 Å². The van der Waals surface area contributed by atoms with E-state index in [2.05, 4.69) is 13.8 Å². The van der Waals surface area contributed by atoms with Crippen LogP contribution in [0.15, 0.2) is 30.3 Å². The fraction of sp³-hybridized carbons (Fsp3) is 0.647. The molecule has 1 saturated heterocycles. The molecule has 4 nitrogen and oxygen atoms in total. The van der Waals surface area contributed by atoms with Gasteiger partial charge in [0.15, 0.2) is 15.3 Å². The van der Waals surface area contributed by atoms with E-state index < -0.39 is 0 Å². The largest absolute Gasteiger partial charge is 0.346 e. The summed E-state index contributed by atoms with van der Waals surface area (Å²) < 4.78 is 23.0. The average molecular weight is 326 g/mol. The Kier molecular flexibility index (Phi) is 8.35. The first-order valence-corrected chi connectivity index (χ1v) is 8.99. The molecule has 1 atom stereocenters. The quantitative estimate of drug-likeness (QED) is 0.621. The topological polar surface area (TPSA) is 36.9 Å². The van der Waals surface area contributed by atoms with Gasteiger partial charge in [0.1, 0.15) is 6.10 Å². The van der Waals surface area contributed by atoms with Crippen LogP contribution in [0.1, 0.15) is 51.4 Å². The highest BCUT2D eigenvalue weighted by molar-refractivity contribution is 7.26. The van der Waals surface area contributed by atoms with Crippen LogP contribution in [0.3, 0.4) is 0 Å². The molecule has 1 unspecified atom stereocenters. The molecule has 1 fully saturated rings. The second-order valence-corrected chi connectivity index (χ2v) is 6.19. The Hall–Kier alpha value is -0.510. The highest BCUT2D eigenvalue weighted by Gasteiger charge is 2.24. The number of hydrogen-bond acceptors (Lipinski definition) is 4. The molecule has 0 radical (unpaired) electrons. The summed E-state index contributed by atoms with van der Waals surface area (Å²) in [5.41, 5.74) is 1.05. The zero-order chi connectivity index (χ0) is 15.6. The molecule has 0 N–H and O–H groups in total. The van der Waals surface area contributed by atoms with Crippen molar-refractivity contribution in [1.82, 2.24) is 0 Å². The molecule has 1 heterocycles. The summed E-state index contributed by atoms with van der Waals surface area (Å²) >= 11 is 0. The summed E-state index contributed by atoms with van der Waals surface area (Å²) in [6.07, 6.45) is 4.47. The highest BCUT2D eigenvalue weighted by atomic mass is 31.1. The van der Waals surface area contributed by atoms with Gasteiger partial charge in [-0.05, 0) is 12.8 Å². The van der Waals surface area contributed by atoms with Crippen molar-refractivity contribution in [3.63, 3.8) is 0 Å². The van der Waals surface area contributed by atoms with Crippen LogP contribution in [0.4, 0.5) is 0 Å². The van der Waals surface area contributed by atoms with Crippen molar-refractivity contribution in [3.8, 4) is 0 Å². The van der Waals surface area contributed by atoms with E-state index in [1.807, 2.05) is 30.3 Å². The van der Waals surface area contributed by atoms with E-state index in [1.165, 1.54) is 0 Å². The zero-order valence-corrected chi connectivity index (χ0v) is 14.5. The predicted molar refractivity (Wildman–Crippen MR) is 89.0 cm³/mol. The summed E-state index contributed by atoms with van der Waals surface area (Å²) in [7, 11) is 0.0617. The summed E-state index contributed by atoms with van der Waals surface area (Å²) in [5, 5.41) is 0. The number of rotatable bonds is 9. The van der Waals surface area contributed by atoms with E-state index in [0.717, 1.165) is 31.2 Å². The van der Waals surface area contributed by atoms with Crippen molar-refractivity contribution in [2.24, 2.45) is 0 Å². The van der Waals surface area contributed by atoms with E-state index in [4.69, 9.17) is 18.5 Å².